The van der Waals surface area contributed by atoms with Crippen LogP contribution in [0.5, 0.6) is 0 Å². The second-order valence-electron chi connectivity index (χ2n) is 7.73. The summed E-state index contributed by atoms with van der Waals surface area (Å²) in [5.74, 6) is 1.00. The first-order valence-corrected chi connectivity index (χ1v) is 10.8. The van der Waals surface area contributed by atoms with E-state index in [1.807, 2.05) is 12.1 Å². The van der Waals surface area contributed by atoms with Gasteiger partial charge in [-0.25, -0.2) is 9.98 Å². The van der Waals surface area contributed by atoms with Crippen molar-refractivity contribution in [2.75, 3.05) is 11.9 Å². The summed E-state index contributed by atoms with van der Waals surface area (Å²) >= 11 is 0. The molecule has 0 saturated heterocycles. The molecule has 0 amide bonds. The number of nitrogens with one attached hydrogen (secondary N) is 2. The second-order valence-corrected chi connectivity index (χ2v) is 7.73. The Morgan fingerprint density at radius 1 is 1.14 bits per heavy atom. The molecule has 160 valence electrons. The van der Waals surface area contributed by atoms with E-state index in [0.717, 1.165) is 54.3 Å². The zero-order chi connectivity index (χ0) is 21.4. The molecule has 0 aliphatic carbocycles. The highest BCUT2D eigenvalue weighted by atomic mass is 16.3. The van der Waals surface area contributed by atoms with Crippen molar-refractivity contribution in [3.63, 3.8) is 0 Å². The van der Waals surface area contributed by atoms with Gasteiger partial charge in [0.25, 0.3) is 0 Å². The molecule has 2 unspecified atom stereocenters. The normalized spacial score (nSPS) is 14.4. The van der Waals surface area contributed by atoms with Gasteiger partial charge in [-0.15, -0.1) is 0 Å². The molecule has 29 heavy (non-hydrogen) atoms. The number of fused-ring (bicyclic) bond motifs is 1. The monoisotopic (exact) mass is 399 g/mol. The Morgan fingerprint density at radius 2 is 1.83 bits per heavy atom. The molecule has 2 rings (SSSR count). The van der Waals surface area contributed by atoms with E-state index in [0.29, 0.717) is 23.7 Å². The van der Waals surface area contributed by atoms with Crippen molar-refractivity contribution in [3.8, 4) is 0 Å². The molecular weight excluding hydrogens is 362 g/mol. The number of pyridine rings is 1. The van der Waals surface area contributed by atoms with E-state index >= 15 is 0 Å². The highest BCUT2D eigenvalue weighted by molar-refractivity contribution is 6.04. The Morgan fingerprint density at radius 3 is 2.45 bits per heavy atom. The van der Waals surface area contributed by atoms with Crippen LogP contribution in [-0.2, 0) is 0 Å². The zero-order valence-electron chi connectivity index (χ0n) is 18.5. The summed E-state index contributed by atoms with van der Waals surface area (Å²) < 4.78 is 0. The van der Waals surface area contributed by atoms with E-state index < -0.39 is 6.23 Å². The van der Waals surface area contributed by atoms with Crippen LogP contribution in [0.25, 0.3) is 10.9 Å². The first-order valence-electron chi connectivity index (χ1n) is 10.8. The van der Waals surface area contributed by atoms with Crippen LogP contribution >= 0.6 is 0 Å². The van der Waals surface area contributed by atoms with Gasteiger partial charge in [-0.2, -0.15) is 0 Å². The molecule has 6 nitrogen and oxygen atoms in total. The fourth-order valence-electron chi connectivity index (χ4n) is 3.52. The lowest BCUT2D eigenvalue weighted by Crippen LogP contribution is -2.38. The molecule has 0 aliphatic rings. The maximum atomic E-state index is 9.63. The number of aromatic nitrogens is 1. The summed E-state index contributed by atoms with van der Waals surface area (Å²) in [5, 5.41) is 17.8. The van der Waals surface area contributed by atoms with Gasteiger partial charge in [0, 0.05) is 24.0 Å². The number of aryl methyl sites for hydroxylation is 1. The lowest BCUT2D eigenvalue weighted by atomic mass is 10.1. The molecule has 0 saturated carbocycles. The molecule has 0 fully saturated rings. The highest BCUT2D eigenvalue weighted by Crippen LogP contribution is 2.22. The van der Waals surface area contributed by atoms with Gasteiger partial charge in [0.15, 0.2) is 0 Å². The Kier molecular flexibility index (Phi) is 8.86. The fraction of sp³-hybridized carbons (Fsp3) is 0.565. The number of nitrogens with zero attached hydrogens (tertiary/aromatic N) is 2. The van der Waals surface area contributed by atoms with Crippen LogP contribution in [0.1, 0.15) is 64.5 Å². The van der Waals surface area contributed by atoms with Gasteiger partial charge in [-0.3, -0.25) is 0 Å². The van der Waals surface area contributed by atoms with Crippen molar-refractivity contribution >= 4 is 22.6 Å². The third kappa shape index (κ3) is 6.68. The average molecular weight is 400 g/mol. The third-order valence-corrected chi connectivity index (χ3v) is 5.31. The van der Waals surface area contributed by atoms with E-state index in [1.54, 1.807) is 6.92 Å². The van der Waals surface area contributed by atoms with E-state index in [9.17, 15) is 5.11 Å². The Hall–Kier alpha value is -2.18. The summed E-state index contributed by atoms with van der Waals surface area (Å²) in [5.41, 5.74) is 8.98. The maximum Gasteiger partial charge on any atom is 0.144 e. The van der Waals surface area contributed by atoms with Crippen LogP contribution in [0.2, 0.25) is 0 Å². The van der Waals surface area contributed by atoms with Gasteiger partial charge in [0.05, 0.1) is 11.1 Å². The zero-order valence-corrected chi connectivity index (χ0v) is 18.5. The molecule has 0 aliphatic heterocycles. The van der Waals surface area contributed by atoms with Crippen molar-refractivity contribution in [3.05, 3.63) is 35.4 Å². The minimum atomic E-state index is -0.857. The van der Waals surface area contributed by atoms with Gasteiger partial charge in [0.2, 0.25) is 0 Å². The number of rotatable bonds is 11. The molecule has 1 aromatic carbocycles. The molecule has 0 bridgehead atoms. The molecule has 0 radical (unpaired) electrons. The number of anilines is 1. The van der Waals surface area contributed by atoms with Gasteiger partial charge >= 0.3 is 0 Å². The molecule has 1 aromatic heterocycles. The number of aliphatic hydroxyl groups excluding tert-OH is 1. The van der Waals surface area contributed by atoms with Crippen molar-refractivity contribution < 1.29 is 5.11 Å². The topological polar surface area (TPSA) is 95.6 Å². The molecular formula is C23H37N5O. The number of amidine groups is 1. The van der Waals surface area contributed by atoms with Crippen LogP contribution in [0, 0.1) is 6.92 Å². The fourth-order valence-corrected chi connectivity index (χ4v) is 3.52. The van der Waals surface area contributed by atoms with E-state index in [2.05, 4.69) is 55.5 Å². The van der Waals surface area contributed by atoms with E-state index in [1.165, 1.54) is 0 Å². The minimum Gasteiger partial charge on any atom is -0.383 e. The number of nitrogens with two attached hydrogens (primary N) is 1. The lowest BCUT2D eigenvalue weighted by Gasteiger charge is -2.24. The first kappa shape index (κ1) is 23.1. The number of benzene rings is 1. The summed E-state index contributed by atoms with van der Waals surface area (Å²) in [6.07, 6.45) is 3.50. The quantitative estimate of drug-likeness (QED) is 0.339. The van der Waals surface area contributed by atoms with Gasteiger partial charge < -0.3 is 21.5 Å². The van der Waals surface area contributed by atoms with Gasteiger partial charge in [-0.1, -0.05) is 32.4 Å². The van der Waals surface area contributed by atoms with Crippen LogP contribution in [0.4, 0.5) is 5.82 Å². The molecule has 5 N–H and O–H groups in total. The number of aliphatic imine (C=N–C) groups is 1. The SMILES string of the molecule is CCC(CC)NC(CC)CCNc1nc2ccc(C)cc2cc1C(N)=NC(C)O. The molecule has 0 spiro atoms. The van der Waals surface area contributed by atoms with Crippen molar-refractivity contribution in [1.82, 2.24) is 10.3 Å². The van der Waals surface area contributed by atoms with E-state index in [-0.39, 0.29) is 0 Å². The first-order chi connectivity index (χ1) is 13.9. The Labute approximate surface area is 175 Å². The minimum absolute atomic E-state index is 0.292. The summed E-state index contributed by atoms with van der Waals surface area (Å²) in [7, 11) is 0. The van der Waals surface area contributed by atoms with Crippen molar-refractivity contribution in [2.45, 2.75) is 78.6 Å². The van der Waals surface area contributed by atoms with Crippen LogP contribution < -0.4 is 16.4 Å². The molecule has 2 atom stereocenters. The number of aliphatic hydroxyl groups is 1. The molecule has 1 heterocycles. The van der Waals surface area contributed by atoms with Crippen LogP contribution in [0.3, 0.4) is 0 Å². The lowest BCUT2D eigenvalue weighted by molar-refractivity contribution is 0.205. The third-order valence-electron chi connectivity index (χ3n) is 5.31. The molecule has 2 aromatic rings. The summed E-state index contributed by atoms with van der Waals surface area (Å²) in [6, 6.07) is 9.18. The van der Waals surface area contributed by atoms with Crippen LogP contribution in [0.15, 0.2) is 29.3 Å². The molecule has 6 heteroatoms. The summed E-state index contributed by atoms with van der Waals surface area (Å²) in [6.45, 7) is 11.1. The predicted octanol–water partition coefficient (Wildman–Crippen LogP) is 3.95. The Bertz CT molecular complexity index is 814. The predicted molar refractivity (Wildman–Crippen MR) is 124 cm³/mol. The smallest absolute Gasteiger partial charge is 0.144 e. The standard InChI is InChI=1S/C23H37N5O/c1-6-18(7-2)27-19(8-3)11-12-25-23-20(22(24)26-16(5)29)14-17-13-15(4)9-10-21(17)28-23/h9-10,13-14,16,18-19,27,29H,6-8,11-12H2,1-5H3,(H2,24,26)(H,25,28). The largest absolute Gasteiger partial charge is 0.383 e. The second kappa shape index (κ2) is 11.1. The van der Waals surface area contributed by atoms with Gasteiger partial charge in [0.1, 0.15) is 17.9 Å². The highest BCUT2D eigenvalue weighted by Gasteiger charge is 2.14. The van der Waals surface area contributed by atoms with Crippen molar-refractivity contribution in [1.29, 1.82) is 0 Å². The van der Waals surface area contributed by atoms with Gasteiger partial charge in [-0.05, 0) is 57.7 Å². The van der Waals surface area contributed by atoms with Crippen LogP contribution in [-0.4, -0.2) is 40.8 Å². The Balaban J connectivity index is 2.22. The number of hydrogen-bond acceptors (Lipinski definition) is 5. The van der Waals surface area contributed by atoms with E-state index in [4.69, 9.17) is 10.7 Å². The average Bonchev–Trinajstić information content (AvgIpc) is 2.69. The maximum absolute atomic E-state index is 9.63. The number of hydrogen-bond donors (Lipinski definition) is 4. The van der Waals surface area contributed by atoms with Crippen molar-refractivity contribution in [2.24, 2.45) is 10.7 Å². The summed E-state index contributed by atoms with van der Waals surface area (Å²) in [4.78, 5) is 8.90.